The van der Waals surface area contributed by atoms with Crippen molar-refractivity contribution < 1.29 is 4.79 Å². The molecular weight excluding hydrogens is 412 g/mol. The average molecular weight is 435 g/mol. The molecule has 2 aromatic heterocycles. The van der Waals surface area contributed by atoms with E-state index in [9.17, 15) is 4.79 Å². The number of aromatic nitrogens is 2. The SMILES string of the molecule is Cc1ccc(Cn2c(SCC(=O)N/N=C/c3sccc3C)nc3ccccc32)cc1. The number of thiophene rings is 1. The summed E-state index contributed by atoms with van der Waals surface area (Å²) in [5.74, 6) is 0.0947. The zero-order valence-corrected chi connectivity index (χ0v) is 18.5. The van der Waals surface area contributed by atoms with Gasteiger partial charge in [-0.25, -0.2) is 10.4 Å². The Morgan fingerprint density at radius 1 is 1.17 bits per heavy atom. The highest BCUT2D eigenvalue weighted by atomic mass is 32.2. The van der Waals surface area contributed by atoms with E-state index in [2.05, 4.69) is 52.3 Å². The Bertz CT molecular complexity index is 1190. The van der Waals surface area contributed by atoms with Gasteiger partial charge in [0.2, 0.25) is 0 Å². The van der Waals surface area contributed by atoms with Crippen molar-refractivity contribution in [3.63, 3.8) is 0 Å². The summed E-state index contributed by atoms with van der Waals surface area (Å²) in [5.41, 5.74) is 8.18. The molecule has 30 heavy (non-hydrogen) atoms. The van der Waals surface area contributed by atoms with Gasteiger partial charge < -0.3 is 4.57 Å². The number of fused-ring (bicyclic) bond motifs is 1. The molecule has 0 saturated heterocycles. The van der Waals surface area contributed by atoms with Gasteiger partial charge in [0.1, 0.15) is 0 Å². The van der Waals surface area contributed by atoms with Gasteiger partial charge in [-0.1, -0.05) is 53.7 Å². The van der Waals surface area contributed by atoms with Crippen LogP contribution in [0.5, 0.6) is 0 Å². The van der Waals surface area contributed by atoms with E-state index in [1.165, 1.54) is 22.9 Å². The summed E-state index contributed by atoms with van der Waals surface area (Å²) in [6, 6.07) is 18.6. The van der Waals surface area contributed by atoms with E-state index in [1.807, 2.05) is 36.6 Å². The summed E-state index contributed by atoms with van der Waals surface area (Å²) < 4.78 is 2.16. The Kier molecular flexibility index (Phi) is 6.30. The van der Waals surface area contributed by atoms with Crippen molar-refractivity contribution >= 4 is 46.3 Å². The standard InChI is InChI=1S/C23H22N4OS2/c1-16-7-9-18(10-8-16)14-27-20-6-4-3-5-19(20)25-23(27)30-15-22(28)26-24-13-21-17(2)11-12-29-21/h3-13H,14-15H2,1-2H3,(H,26,28)/b24-13+. The average Bonchev–Trinajstić information content (AvgIpc) is 3.31. The highest BCUT2D eigenvalue weighted by molar-refractivity contribution is 7.99. The molecule has 5 nitrogen and oxygen atoms in total. The zero-order chi connectivity index (χ0) is 20.9. The molecule has 0 aliphatic heterocycles. The molecule has 0 atom stereocenters. The van der Waals surface area contributed by atoms with Crippen LogP contribution in [0, 0.1) is 13.8 Å². The summed E-state index contributed by atoms with van der Waals surface area (Å²) in [5, 5.41) is 6.90. The number of hydrogen-bond acceptors (Lipinski definition) is 5. The van der Waals surface area contributed by atoms with Crippen LogP contribution in [0.15, 0.2) is 70.2 Å². The van der Waals surface area contributed by atoms with Crippen molar-refractivity contribution in [1.82, 2.24) is 15.0 Å². The predicted octanol–water partition coefficient (Wildman–Crippen LogP) is 5.01. The van der Waals surface area contributed by atoms with Gasteiger partial charge in [-0.15, -0.1) is 11.3 Å². The molecule has 0 unspecified atom stereocenters. The summed E-state index contributed by atoms with van der Waals surface area (Å²) in [4.78, 5) is 18.1. The lowest BCUT2D eigenvalue weighted by molar-refractivity contribution is -0.118. The van der Waals surface area contributed by atoms with E-state index in [4.69, 9.17) is 4.98 Å². The number of carbonyl (C=O) groups is 1. The molecule has 1 N–H and O–H groups in total. The van der Waals surface area contributed by atoms with Crippen LogP contribution in [0.4, 0.5) is 0 Å². The smallest absolute Gasteiger partial charge is 0.250 e. The number of imidazole rings is 1. The Labute approximate surface area is 183 Å². The van der Waals surface area contributed by atoms with E-state index in [-0.39, 0.29) is 11.7 Å². The van der Waals surface area contributed by atoms with Crippen LogP contribution in [-0.4, -0.2) is 27.4 Å². The number of nitrogens with one attached hydrogen (secondary N) is 1. The number of para-hydroxylation sites is 2. The van der Waals surface area contributed by atoms with Crippen LogP contribution in [0.25, 0.3) is 11.0 Å². The number of hydrogen-bond donors (Lipinski definition) is 1. The topological polar surface area (TPSA) is 59.3 Å². The van der Waals surface area contributed by atoms with Crippen molar-refractivity contribution in [2.75, 3.05) is 5.75 Å². The van der Waals surface area contributed by atoms with Crippen LogP contribution in [-0.2, 0) is 11.3 Å². The fourth-order valence-electron chi connectivity index (χ4n) is 3.03. The number of rotatable bonds is 7. The number of hydrazone groups is 1. The Balaban J connectivity index is 1.46. The molecule has 0 radical (unpaired) electrons. The Morgan fingerprint density at radius 2 is 1.97 bits per heavy atom. The van der Waals surface area contributed by atoms with Gasteiger partial charge in [0, 0.05) is 4.88 Å². The second kappa shape index (κ2) is 9.28. The quantitative estimate of drug-likeness (QED) is 0.253. The molecule has 0 aliphatic carbocycles. The molecule has 0 saturated carbocycles. The number of nitrogens with zero attached hydrogens (tertiary/aromatic N) is 3. The minimum atomic E-state index is -0.153. The second-order valence-electron chi connectivity index (χ2n) is 7.00. The van der Waals surface area contributed by atoms with Crippen molar-refractivity contribution in [1.29, 1.82) is 0 Å². The van der Waals surface area contributed by atoms with Crippen LogP contribution < -0.4 is 5.43 Å². The van der Waals surface area contributed by atoms with Crippen molar-refractivity contribution in [3.8, 4) is 0 Å². The maximum atomic E-state index is 12.3. The first-order chi connectivity index (χ1) is 14.6. The van der Waals surface area contributed by atoms with Gasteiger partial charge in [0.05, 0.1) is 29.5 Å². The fourth-order valence-corrected chi connectivity index (χ4v) is 4.63. The Morgan fingerprint density at radius 3 is 2.73 bits per heavy atom. The summed E-state index contributed by atoms with van der Waals surface area (Å²) in [6.07, 6.45) is 1.69. The second-order valence-corrected chi connectivity index (χ2v) is 8.89. The van der Waals surface area contributed by atoms with Gasteiger partial charge >= 0.3 is 0 Å². The summed E-state index contributed by atoms with van der Waals surface area (Å²) in [7, 11) is 0. The Hall–Kier alpha value is -2.90. The molecule has 0 bridgehead atoms. The third-order valence-corrected chi connectivity index (χ3v) is 6.62. The predicted molar refractivity (Wildman–Crippen MR) is 126 cm³/mol. The van der Waals surface area contributed by atoms with Gasteiger partial charge in [-0.05, 0) is 48.6 Å². The third kappa shape index (κ3) is 4.80. The molecule has 1 amide bonds. The van der Waals surface area contributed by atoms with Gasteiger partial charge in [0.15, 0.2) is 5.16 Å². The minimum absolute atomic E-state index is 0.153. The number of carbonyl (C=O) groups excluding carboxylic acids is 1. The van der Waals surface area contributed by atoms with Gasteiger partial charge in [0.25, 0.3) is 5.91 Å². The first kappa shape index (κ1) is 20.4. The van der Waals surface area contributed by atoms with Gasteiger partial charge in [-0.3, -0.25) is 4.79 Å². The molecule has 4 rings (SSSR count). The summed E-state index contributed by atoms with van der Waals surface area (Å²) in [6.45, 7) is 4.81. The van der Waals surface area contributed by atoms with E-state index >= 15 is 0 Å². The lowest BCUT2D eigenvalue weighted by Gasteiger charge is -2.09. The van der Waals surface area contributed by atoms with Gasteiger partial charge in [-0.2, -0.15) is 5.10 Å². The monoisotopic (exact) mass is 434 g/mol. The number of benzene rings is 2. The molecule has 7 heteroatoms. The normalized spacial score (nSPS) is 11.4. The van der Waals surface area contributed by atoms with Crippen LogP contribution in [0.3, 0.4) is 0 Å². The molecule has 2 heterocycles. The van der Waals surface area contributed by atoms with E-state index < -0.39 is 0 Å². The number of thioether (sulfide) groups is 1. The third-order valence-electron chi connectivity index (χ3n) is 4.69. The maximum absolute atomic E-state index is 12.3. The zero-order valence-electron chi connectivity index (χ0n) is 16.8. The van der Waals surface area contributed by atoms with Crippen LogP contribution in [0.2, 0.25) is 0 Å². The molecule has 0 fully saturated rings. The van der Waals surface area contributed by atoms with Crippen molar-refractivity contribution in [3.05, 3.63) is 81.5 Å². The van der Waals surface area contributed by atoms with E-state index in [0.717, 1.165) is 26.6 Å². The summed E-state index contributed by atoms with van der Waals surface area (Å²) >= 11 is 3.02. The lowest BCUT2D eigenvalue weighted by atomic mass is 10.1. The van der Waals surface area contributed by atoms with Crippen LogP contribution in [0.1, 0.15) is 21.6 Å². The van der Waals surface area contributed by atoms with Crippen LogP contribution >= 0.6 is 23.1 Å². The minimum Gasteiger partial charge on any atom is -0.314 e. The lowest BCUT2D eigenvalue weighted by Crippen LogP contribution is -2.20. The molecule has 0 aliphatic rings. The first-order valence-electron chi connectivity index (χ1n) is 9.60. The molecule has 2 aromatic carbocycles. The highest BCUT2D eigenvalue weighted by Crippen LogP contribution is 2.25. The first-order valence-corrected chi connectivity index (χ1v) is 11.5. The van der Waals surface area contributed by atoms with E-state index in [1.54, 1.807) is 17.6 Å². The van der Waals surface area contributed by atoms with E-state index in [0.29, 0.717) is 6.54 Å². The van der Waals surface area contributed by atoms with Crippen molar-refractivity contribution in [2.45, 2.75) is 25.5 Å². The highest BCUT2D eigenvalue weighted by Gasteiger charge is 2.13. The molecule has 4 aromatic rings. The molecule has 0 spiro atoms. The fraction of sp³-hybridized carbons (Fsp3) is 0.174. The van der Waals surface area contributed by atoms with Crippen molar-refractivity contribution in [2.24, 2.45) is 5.10 Å². The molecule has 152 valence electrons. The number of amides is 1. The maximum Gasteiger partial charge on any atom is 0.250 e. The largest absolute Gasteiger partial charge is 0.314 e. The molecular formula is C23H22N4OS2. The number of aryl methyl sites for hydroxylation is 2.